The largest absolute Gasteiger partial charge is 0.496 e. The van der Waals surface area contributed by atoms with Crippen LogP contribution in [0.4, 0.5) is 0 Å². The summed E-state index contributed by atoms with van der Waals surface area (Å²) in [5, 5.41) is 2.94. The van der Waals surface area contributed by atoms with Crippen LogP contribution in [-0.4, -0.2) is 51.3 Å². The normalized spacial score (nSPS) is 13.8. The number of carbonyl (C=O) groups excluding carboxylic acids is 1. The van der Waals surface area contributed by atoms with Gasteiger partial charge in [-0.15, -0.1) is 0 Å². The lowest BCUT2D eigenvalue weighted by Crippen LogP contribution is -2.40. The van der Waals surface area contributed by atoms with Crippen LogP contribution in [0, 0.1) is 0 Å². The van der Waals surface area contributed by atoms with Gasteiger partial charge >= 0.3 is 0 Å². The molecule has 118 valence electrons. The Labute approximate surface area is 127 Å². The van der Waals surface area contributed by atoms with Crippen molar-refractivity contribution in [2.45, 2.75) is 26.0 Å². The van der Waals surface area contributed by atoms with Crippen LogP contribution in [0.2, 0.25) is 0 Å². The van der Waals surface area contributed by atoms with E-state index < -0.39 is 6.10 Å². The van der Waals surface area contributed by atoms with E-state index in [1.54, 1.807) is 14.0 Å². The molecule has 0 bridgehead atoms. The molecule has 2 atom stereocenters. The minimum Gasteiger partial charge on any atom is -0.496 e. The molecule has 0 fully saturated rings. The maximum Gasteiger partial charge on any atom is 0.248 e. The van der Waals surface area contributed by atoms with Gasteiger partial charge in [0.2, 0.25) is 5.91 Å². The quantitative estimate of drug-likeness (QED) is 0.795. The highest BCUT2D eigenvalue weighted by Crippen LogP contribution is 2.27. The molecule has 0 spiro atoms. The van der Waals surface area contributed by atoms with Crippen LogP contribution in [0.3, 0.4) is 0 Å². The average Bonchev–Trinajstić information content (AvgIpc) is 2.47. The molecule has 0 aliphatic heterocycles. The van der Waals surface area contributed by atoms with E-state index in [1.807, 2.05) is 45.3 Å². The van der Waals surface area contributed by atoms with Gasteiger partial charge in [0.25, 0.3) is 0 Å². The third-order valence-corrected chi connectivity index (χ3v) is 3.38. The van der Waals surface area contributed by atoms with Crippen molar-refractivity contribution < 1.29 is 14.3 Å². The van der Waals surface area contributed by atoms with Gasteiger partial charge in [-0.25, -0.2) is 0 Å². The van der Waals surface area contributed by atoms with E-state index in [0.29, 0.717) is 13.2 Å². The molecule has 21 heavy (non-hydrogen) atoms. The molecule has 5 heteroatoms. The predicted molar refractivity (Wildman–Crippen MR) is 83.5 cm³/mol. The summed E-state index contributed by atoms with van der Waals surface area (Å²) in [6.45, 7) is 4.66. The molecule has 0 aliphatic carbocycles. The number of nitrogens with one attached hydrogen (secondary N) is 1. The van der Waals surface area contributed by atoms with Crippen molar-refractivity contribution in [2.24, 2.45) is 0 Å². The zero-order chi connectivity index (χ0) is 15.8. The third kappa shape index (κ3) is 5.02. The first-order valence-corrected chi connectivity index (χ1v) is 7.19. The van der Waals surface area contributed by atoms with Gasteiger partial charge < -0.3 is 19.7 Å². The van der Waals surface area contributed by atoms with Crippen LogP contribution in [0.15, 0.2) is 24.3 Å². The number of rotatable bonds is 8. The van der Waals surface area contributed by atoms with E-state index >= 15 is 0 Å². The Kier molecular flexibility index (Phi) is 7.19. The minimum atomic E-state index is -0.435. The zero-order valence-corrected chi connectivity index (χ0v) is 13.6. The SMILES string of the molecule is CCO[C@H](C)C(=O)NC[C@@H](c1ccccc1OC)N(C)C. The number of amides is 1. The minimum absolute atomic E-state index is 0.0407. The Morgan fingerprint density at radius 1 is 1.33 bits per heavy atom. The predicted octanol–water partition coefficient (Wildman–Crippen LogP) is 1.84. The first kappa shape index (κ1) is 17.5. The van der Waals surface area contributed by atoms with E-state index in [0.717, 1.165) is 11.3 Å². The molecular formula is C16H26N2O3. The first-order chi connectivity index (χ1) is 10.0. The van der Waals surface area contributed by atoms with Gasteiger partial charge in [0.05, 0.1) is 13.2 Å². The van der Waals surface area contributed by atoms with Crippen LogP contribution in [0.5, 0.6) is 5.75 Å². The Bertz CT molecular complexity index is 449. The van der Waals surface area contributed by atoms with E-state index in [1.165, 1.54) is 0 Å². The molecule has 1 rings (SSSR count). The lowest BCUT2D eigenvalue weighted by molar-refractivity contribution is -0.131. The second kappa shape index (κ2) is 8.64. The summed E-state index contributed by atoms with van der Waals surface area (Å²) in [5.74, 6) is 0.724. The monoisotopic (exact) mass is 294 g/mol. The lowest BCUT2D eigenvalue weighted by Gasteiger charge is -2.27. The fourth-order valence-electron chi connectivity index (χ4n) is 2.18. The lowest BCUT2D eigenvalue weighted by atomic mass is 10.0. The van der Waals surface area contributed by atoms with Crippen molar-refractivity contribution >= 4 is 5.91 Å². The summed E-state index contributed by atoms with van der Waals surface area (Å²) in [4.78, 5) is 14.0. The molecule has 1 amide bonds. The molecule has 0 saturated carbocycles. The third-order valence-electron chi connectivity index (χ3n) is 3.38. The fourth-order valence-corrected chi connectivity index (χ4v) is 2.18. The van der Waals surface area contributed by atoms with Crippen LogP contribution >= 0.6 is 0 Å². The number of carbonyl (C=O) groups is 1. The number of likely N-dealkylation sites (N-methyl/N-ethyl adjacent to an activating group) is 1. The molecule has 1 aromatic rings. The molecule has 0 radical (unpaired) electrons. The molecule has 0 heterocycles. The summed E-state index contributed by atoms with van der Waals surface area (Å²) >= 11 is 0. The average molecular weight is 294 g/mol. The molecule has 1 aromatic carbocycles. The highest BCUT2D eigenvalue weighted by atomic mass is 16.5. The Morgan fingerprint density at radius 2 is 2.00 bits per heavy atom. The van der Waals surface area contributed by atoms with Gasteiger partial charge in [0, 0.05) is 18.7 Å². The number of para-hydroxylation sites is 1. The van der Waals surface area contributed by atoms with Crippen molar-refractivity contribution in [3.63, 3.8) is 0 Å². The highest BCUT2D eigenvalue weighted by Gasteiger charge is 2.20. The van der Waals surface area contributed by atoms with Crippen molar-refractivity contribution in [1.82, 2.24) is 10.2 Å². The fraction of sp³-hybridized carbons (Fsp3) is 0.562. The number of nitrogens with zero attached hydrogens (tertiary/aromatic N) is 1. The summed E-state index contributed by atoms with van der Waals surface area (Å²) in [6.07, 6.45) is -0.435. The number of hydrogen-bond acceptors (Lipinski definition) is 4. The zero-order valence-electron chi connectivity index (χ0n) is 13.6. The van der Waals surface area contributed by atoms with Gasteiger partial charge in [-0.3, -0.25) is 4.79 Å². The molecule has 0 aromatic heterocycles. The van der Waals surface area contributed by atoms with Gasteiger partial charge in [0.1, 0.15) is 11.9 Å². The van der Waals surface area contributed by atoms with Crippen molar-refractivity contribution in [3.05, 3.63) is 29.8 Å². The van der Waals surface area contributed by atoms with Gasteiger partial charge in [-0.1, -0.05) is 18.2 Å². The molecule has 0 saturated heterocycles. The maximum absolute atomic E-state index is 12.0. The molecule has 1 N–H and O–H groups in total. The van der Waals surface area contributed by atoms with Crippen molar-refractivity contribution in [3.8, 4) is 5.75 Å². The summed E-state index contributed by atoms with van der Waals surface area (Å²) in [5.41, 5.74) is 1.05. The summed E-state index contributed by atoms with van der Waals surface area (Å²) in [6, 6.07) is 7.89. The van der Waals surface area contributed by atoms with Crippen LogP contribution in [0.25, 0.3) is 0 Å². The standard InChI is InChI=1S/C16H26N2O3/c1-6-21-12(2)16(19)17-11-14(18(3)4)13-9-7-8-10-15(13)20-5/h7-10,12,14H,6,11H2,1-5H3,(H,17,19)/t12-,14+/m1/s1. The number of benzene rings is 1. The van der Waals surface area contributed by atoms with Gasteiger partial charge in [-0.2, -0.15) is 0 Å². The maximum atomic E-state index is 12.0. The summed E-state index contributed by atoms with van der Waals surface area (Å²) in [7, 11) is 5.62. The Balaban J connectivity index is 2.77. The Morgan fingerprint density at radius 3 is 2.57 bits per heavy atom. The van der Waals surface area contributed by atoms with Crippen molar-refractivity contribution in [2.75, 3.05) is 34.4 Å². The molecule has 0 aliphatic rings. The van der Waals surface area contributed by atoms with Crippen LogP contribution < -0.4 is 10.1 Å². The second-order valence-electron chi connectivity index (χ2n) is 5.06. The molecule has 5 nitrogen and oxygen atoms in total. The topological polar surface area (TPSA) is 50.8 Å². The molecule has 0 unspecified atom stereocenters. The number of methoxy groups -OCH3 is 1. The molecular weight excluding hydrogens is 268 g/mol. The van der Waals surface area contributed by atoms with Crippen LogP contribution in [-0.2, 0) is 9.53 Å². The van der Waals surface area contributed by atoms with E-state index in [4.69, 9.17) is 9.47 Å². The van der Waals surface area contributed by atoms with Gasteiger partial charge in [0.15, 0.2) is 0 Å². The van der Waals surface area contributed by atoms with Gasteiger partial charge in [-0.05, 0) is 34.0 Å². The number of ether oxygens (including phenoxy) is 2. The van der Waals surface area contributed by atoms with Crippen molar-refractivity contribution in [1.29, 1.82) is 0 Å². The highest BCUT2D eigenvalue weighted by molar-refractivity contribution is 5.80. The first-order valence-electron chi connectivity index (χ1n) is 7.19. The summed E-state index contributed by atoms with van der Waals surface area (Å²) < 4.78 is 10.7. The van der Waals surface area contributed by atoms with Crippen LogP contribution in [0.1, 0.15) is 25.5 Å². The number of hydrogen-bond donors (Lipinski definition) is 1. The second-order valence-corrected chi connectivity index (χ2v) is 5.06. The van der Waals surface area contributed by atoms with E-state index in [9.17, 15) is 4.79 Å². The van der Waals surface area contributed by atoms with E-state index in [2.05, 4.69) is 10.2 Å². The van der Waals surface area contributed by atoms with E-state index in [-0.39, 0.29) is 11.9 Å². The Hall–Kier alpha value is -1.59. The smallest absolute Gasteiger partial charge is 0.248 e.